The summed E-state index contributed by atoms with van der Waals surface area (Å²) in [6.45, 7) is 4.11. The quantitative estimate of drug-likeness (QED) is 0.187. The van der Waals surface area contributed by atoms with E-state index >= 15 is 14.4 Å². The van der Waals surface area contributed by atoms with Crippen LogP contribution < -0.4 is 23.8 Å². The Balaban J connectivity index is 1.36. The first-order chi connectivity index (χ1) is 24.9. The monoisotopic (exact) mass is 673 g/mol. The highest BCUT2D eigenvalue weighted by Gasteiger charge is 2.82. The third kappa shape index (κ3) is 3.66. The number of hydrogen-bond acceptors (Lipinski definition) is 7. The van der Waals surface area contributed by atoms with Gasteiger partial charge < -0.3 is 18.9 Å². The molecule has 5 aromatic rings. The molecule has 250 valence electrons. The second kappa shape index (κ2) is 10.4. The van der Waals surface area contributed by atoms with Gasteiger partial charge in [-0.1, -0.05) is 78.9 Å². The molecule has 4 atom stereocenters. The van der Waals surface area contributed by atoms with Gasteiger partial charge >= 0.3 is 0 Å². The van der Waals surface area contributed by atoms with Gasteiger partial charge in [-0.25, -0.2) is 4.90 Å². The maximum atomic E-state index is 16.2. The van der Waals surface area contributed by atoms with Gasteiger partial charge in [-0.15, -0.1) is 0 Å². The Morgan fingerprint density at radius 2 is 1.00 bits per heavy atom. The first-order valence-corrected chi connectivity index (χ1v) is 17.0. The Hall–Kier alpha value is -6.15. The average Bonchev–Trinajstić information content (AvgIpc) is 3.96. The van der Waals surface area contributed by atoms with E-state index in [2.05, 4.69) is 0 Å². The first kappa shape index (κ1) is 29.7. The lowest BCUT2D eigenvalue weighted by atomic mass is 9.59. The maximum absolute atomic E-state index is 16.2. The molecule has 0 aromatic heterocycles. The molecule has 5 aliphatic rings. The van der Waals surface area contributed by atoms with E-state index in [1.165, 1.54) is 4.90 Å². The van der Waals surface area contributed by atoms with Crippen LogP contribution in [0.25, 0.3) is 11.1 Å². The summed E-state index contributed by atoms with van der Waals surface area (Å²) in [5.74, 6) is -0.813. The van der Waals surface area contributed by atoms with Gasteiger partial charge in [0.25, 0.3) is 0 Å². The molecule has 0 radical (unpaired) electrons. The number of allylic oxidation sites excluding steroid dienone is 2. The minimum atomic E-state index is -1.55. The van der Waals surface area contributed by atoms with Crippen LogP contribution in [0, 0.1) is 25.7 Å². The van der Waals surface area contributed by atoms with Crippen molar-refractivity contribution in [2.45, 2.75) is 24.7 Å². The molecule has 10 rings (SSSR count). The van der Waals surface area contributed by atoms with E-state index in [9.17, 15) is 0 Å². The summed E-state index contributed by atoms with van der Waals surface area (Å²) in [6, 6.07) is 35.9. The Morgan fingerprint density at radius 1 is 0.529 bits per heavy atom. The molecule has 51 heavy (non-hydrogen) atoms. The fraction of sp³-hybridized carbons (Fsp3) is 0.186. The number of hydrogen-bond donors (Lipinski definition) is 0. The van der Waals surface area contributed by atoms with Gasteiger partial charge in [-0.05, 0) is 94.8 Å². The number of rotatable bonds is 5. The standard InChI is InChI=1S/C43H31NO7/c1-24-13-16-30(19-25(24)2)44-39(45)37-38(40(44)46)43(29-11-7-4-8-12-29)36(27-15-18-32-34(21-27)51-23-49-32)35(26-14-17-31-33(20-26)50-22-48-31)42(37,41(43)47)28-9-5-3-6-10-28/h3-21,37-38H,22-23H2,1-2H3/t37-,38-,42-,43-/m0/s1. The zero-order valence-electron chi connectivity index (χ0n) is 27.8. The van der Waals surface area contributed by atoms with Gasteiger partial charge in [-0.3, -0.25) is 14.4 Å². The van der Waals surface area contributed by atoms with Crippen LogP contribution in [0.5, 0.6) is 23.0 Å². The second-order valence-electron chi connectivity index (χ2n) is 13.8. The summed E-state index contributed by atoms with van der Waals surface area (Å²) in [4.78, 5) is 48.1. The Morgan fingerprint density at radius 3 is 1.47 bits per heavy atom. The third-order valence-corrected chi connectivity index (χ3v) is 11.5. The molecular weight excluding hydrogens is 642 g/mol. The Labute approximate surface area is 293 Å². The van der Waals surface area contributed by atoms with Crippen molar-refractivity contribution in [3.05, 3.63) is 149 Å². The molecule has 2 aliphatic carbocycles. The number of nitrogens with zero attached hydrogens (tertiary/aromatic N) is 1. The van der Waals surface area contributed by atoms with Crippen LogP contribution in [-0.4, -0.2) is 31.2 Å². The van der Waals surface area contributed by atoms with Gasteiger partial charge in [0.2, 0.25) is 25.4 Å². The molecule has 5 aromatic carbocycles. The molecule has 0 spiro atoms. The molecule has 2 amide bonds. The highest BCUT2D eigenvalue weighted by molar-refractivity contribution is 6.39. The van der Waals surface area contributed by atoms with Crippen LogP contribution in [0.2, 0.25) is 0 Å². The lowest BCUT2D eigenvalue weighted by Gasteiger charge is -2.39. The van der Waals surface area contributed by atoms with E-state index in [0.717, 1.165) is 11.1 Å². The molecule has 0 N–H and O–H groups in total. The topological polar surface area (TPSA) is 91.4 Å². The Kier molecular flexibility index (Phi) is 6.08. The van der Waals surface area contributed by atoms with Gasteiger partial charge in [0, 0.05) is 0 Å². The van der Waals surface area contributed by atoms with Crippen molar-refractivity contribution in [2.75, 3.05) is 18.5 Å². The first-order valence-electron chi connectivity index (χ1n) is 17.0. The van der Waals surface area contributed by atoms with Gasteiger partial charge in [0.15, 0.2) is 28.8 Å². The number of anilines is 1. The summed E-state index contributed by atoms with van der Waals surface area (Å²) >= 11 is 0. The molecule has 3 heterocycles. The minimum absolute atomic E-state index is 0.0756. The number of ketones is 1. The summed E-state index contributed by atoms with van der Waals surface area (Å²) in [5.41, 5.74) is 3.40. The predicted octanol–water partition coefficient (Wildman–Crippen LogP) is 6.95. The summed E-state index contributed by atoms with van der Waals surface area (Å²) in [7, 11) is 0. The van der Waals surface area contributed by atoms with Gasteiger partial charge in [0.05, 0.1) is 28.4 Å². The number of aryl methyl sites for hydroxylation is 2. The second-order valence-corrected chi connectivity index (χ2v) is 13.8. The number of ether oxygens (including phenoxy) is 4. The van der Waals surface area contributed by atoms with Crippen molar-refractivity contribution in [3.63, 3.8) is 0 Å². The zero-order chi connectivity index (χ0) is 34.6. The largest absolute Gasteiger partial charge is 0.454 e. The summed E-state index contributed by atoms with van der Waals surface area (Å²) in [5, 5.41) is 0. The highest BCUT2D eigenvalue weighted by atomic mass is 16.7. The van der Waals surface area contributed by atoms with Crippen LogP contribution in [0.3, 0.4) is 0 Å². The van der Waals surface area contributed by atoms with Crippen LogP contribution >= 0.6 is 0 Å². The van der Waals surface area contributed by atoms with Crippen molar-refractivity contribution in [1.29, 1.82) is 0 Å². The molecule has 0 unspecified atom stereocenters. The lowest BCUT2D eigenvalue weighted by molar-refractivity contribution is -0.130. The fourth-order valence-electron chi connectivity index (χ4n) is 9.35. The van der Waals surface area contributed by atoms with Crippen molar-refractivity contribution in [3.8, 4) is 23.0 Å². The van der Waals surface area contributed by atoms with Crippen LogP contribution in [0.4, 0.5) is 5.69 Å². The molecule has 2 fully saturated rings. The third-order valence-electron chi connectivity index (χ3n) is 11.5. The summed E-state index contributed by atoms with van der Waals surface area (Å²) < 4.78 is 23.2. The highest BCUT2D eigenvalue weighted by Crippen LogP contribution is 2.74. The van der Waals surface area contributed by atoms with Gasteiger partial charge in [-0.2, -0.15) is 0 Å². The van der Waals surface area contributed by atoms with Crippen molar-refractivity contribution in [2.24, 2.45) is 11.8 Å². The molecule has 3 aliphatic heterocycles. The number of imide groups is 1. The SMILES string of the molecule is Cc1ccc(N2C(=O)[C@@H]3[C@@H](C2=O)[C@@]2(c4ccccc4)C(=O)[C@@]3(c3ccccc3)C(c3ccc4c(c3)OCO4)=C2c2ccc3c(c2)OCO3)cc1C. The number of carbonyl (C=O) groups excluding carboxylic acids is 3. The van der Waals surface area contributed by atoms with Crippen LogP contribution in [0.15, 0.2) is 115 Å². The number of amides is 2. The van der Waals surface area contributed by atoms with Gasteiger partial charge in [0.1, 0.15) is 0 Å². The normalized spacial score (nSPS) is 25.3. The van der Waals surface area contributed by atoms with E-state index in [1.807, 2.05) is 129 Å². The smallest absolute Gasteiger partial charge is 0.239 e. The van der Waals surface area contributed by atoms with E-state index < -0.39 is 34.5 Å². The average molecular weight is 674 g/mol. The van der Waals surface area contributed by atoms with E-state index in [4.69, 9.17) is 18.9 Å². The maximum Gasteiger partial charge on any atom is 0.239 e. The number of benzene rings is 5. The minimum Gasteiger partial charge on any atom is -0.454 e. The Bertz CT molecular complexity index is 2250. The van der Waals surface area contributed by atoms with Crippen molar-refractivity contribution < 1.29 is 33.3 Å². The molecule has 2 bridgehead atoms. The molecular formula is C43H31NO7. The molecule has 1 saturated heterocycles. The zero-order valence-corrected chi connectivity index (χ0v) is 27.8. The van der Waals surface area contributed by atoms with E-state index in [-0.39, 0.29) is 19.4 Å². The van der Waals surface area contributed by atoms with Crippen LogP contribution in [-0.2, 0) is 25.2 Å². The van der Waals surface area contributed by atoms with Crippen molar-refractivity contribution in [1.82, 2.24) is 0 Å². The lowest BCUT2D eigenvalue weighted by Crippen LogP contribution is -2.45. The fourth-order valence-corrected chi connectivity index (χ4v) is 9.35. The number of Topliss-reactive ketones (excluding diaryl/α,β-unsaturated/α-hetero) is 1. The van der Waals surface area contributed by atoms with Crippen LogP contribution in [0.1, 0.15) is 33.4 Å². The van der Waals surface area contributed by atoms with E-state index in [1.54, 1.807) is 0 Å². The molecule has 8 nitrogen and oxygen atoms in total. The summed E-state index contributed by atoms with van der Waals surface area (Å²) in [6.07, 6.45) is 0. The number of fused-ring (bicyclic) bond motifs is 7. The molecule has 8 heteroatoms. The molecule has 1 saturated carbocycles. The number of carbonyl (C=O) groups is 3. The predicted molar refractivity (Wildman–Crippen MR) is 189 cm³/mol. The van der Waals surface area contributed by atoms with E-state index in [0.29, 0.717) is 62.1 Å². The van der Waals surface area contributed by atoms with Crippen molar-refractivity contribution >= 4 is 34.4 Å².